The van der Waals surface area contributed by atoms with Crippen molar-refractivity contribution in [1.29, 1.82) is 5.26 Å². The van der Waals surface area contributed by atoms with E-state index in [9.17, 15) is 5.26 Å². The Hall–Kier alpha value is -1.34. The number of piperidine rings is 1. The van der Waals surface area contributed by atoms with E-state index in [0.717, 1.165) is 31.5 Å². The molecule has 0 unspecified atom stereocenters. The Balaban J connectivity index is 2.32. The van der Waals surface area contributed by atoms with Crippen molar-refractivity contribution in [2.24, 2.45) is 7.05 Å². The molecular formula is C10H14N4. The molecule has 1 aliphatic heterocycles. The third-order valence-corrected chi connectivity index (χ3v) is 2.93. The predicted octanol–water partition coefficient (Wildman–Crippen LogP) is 0.565. The van der Waals surface area contributed by atoms with Crippen molar-refractivity contribution < 1.29 is 0 Å². The molecular weight excluding hydrogens is 176 g/mol. The van der Waals surface area contributed by atoms with E-state index in [4.69, 9.17) is 0 Å². The molecule has 0 aromatic carbocycles. The monoisotopic (exact) mass is 190 g/mol. The third kappa shape index (κ3) is 1.40. The van der Waals surface area contributed by atoms with Crippen LogP contribution in [0.4, 0.5) is 0 Å². The fourth-order valence-electron chi connectivity index (χ4n) is 1.99. The second-order valence-corrected chi connectivity index (χ2v) is 3.85. The number of nitriles is 1. The summed E-state index contributed by atoms with van der Waals surface area (Å²) in [7, 11) is 1.88. The van der Waals surface area contributed by atoms with E-state index < -0.39 is 0 Å². The number of aromatic nitrogens is 2. The Morgan fingerprint density at radius 3 is 2.79 bits per heavy atom. The van der Waals surface area contributed by atoms with E-state index in [1.165, 1.54) is 0 Å². The molecule has 0 radical (unpaired) electrons. The maximum atomic E-state index is 9.29. The van der Waals surface area contributed by atoms with Crippen LogP contribution in [0.2, 0.25) is 0 Å². The van der Waals surface area contributed by atoms with Crippen LogP contribution in [0.3, 0.4) is 0 Å². The largest absolute Gasteiger partial charge is 0.317 e. The number of hydrogen-bond donors (Lipinski definition) is 1. The van der Waals surface area contributed by atoms with Crippen LogP contribution in [0.5, 0.6) is 0 Å². The first kappa shape index (κ1) is 9.22. The van der Waals surface area contributed by atoms with E-state index in [-0.39, 0.29) is 5.41 Å². The summed E-state index contributed by atoms with van der Waals surface area (Å²) in [4.78, 5) is 0. The van der Waals surface area contributed by atoms with Crippen LogP contribution in [-0.4, -0.2) is 22.9 Å². The molecule has 1 aromatic heterocycles. The number of nitrogens with zero attached hydrogens (tertiary/aromatic N) is 3. The van der Waals surface area contributed by atoms with Crippen LogP contribution >= 0.6 is 0 Å². The molecule has 0 spiro atoms. The van der Waals surface area contributed by atoms with Crippen LogP contribution in [0.1, 0.15) is 18.4 Å². The summed E-state index contributed by atoms with van der Waals surface area (Å²) in [6, 6.07) is 2.45. The standard InChI is InChI=1S/C10H14N4/c1-14-7-9(6-13-14)10(8-11)2-4-12-5-3-10/h6-7,12H,2-5H2,1H3. The summed E-state index contributed by atoms with van der Waals surface area (Å²) in [6.45, 7) is 1.84. The van der Waals surface area contributed by atoms with Crippen molar-refractivity contribution in [3.05, 3.63) is 18.0 Å². The lowest BCUT2D eigenvalue weighted by molar-refractivity contribution is 0.382. The maximum Gasteiger partial charge on any atom is 0.0876 e. The van der Waals surface area contributed by atoms with Gasteiger partial charge in [0.15, 0.2) is 0 Å². The molecule has 1 aromatic rings. The lowest BCUT2D eigenvalue weighted by Crippen LogP contribution is -2.38. The number of hydrogen-bond acceptors (Lipinski definition) is 3. The molecule has 0 bridgehead atoms. The molecule has 1 aliphatic rings. The van der Waals surface area contributed by atoms with Crippen molar-refractivity contribution in [2.75, 3.05) is 13.1 Å². The first-order valence-corrected chi connectivity index (χ1v) is 4.88. The normalized spacial score (nSPS) is 20.3. The van der Waals surface area contributed by atoms with Gasteiger partial charge in [0.1, 0.15) is 0 Å². The minimum atomic E-state index is -0.306. The molecule has 1 saturated heterocycles. The Kier molecular flexibility index (Phi) is 2.26. The van der Waals surface area contributed by atoms with Crippen LogP contribution < -0.4 is 5.32 Å². The number of nitrogens with one attached hydrogen (secondary N) is 1. The van der Waals surface area contributed by atoms with Gasteiger partial charge in [-0.2, -0.15) is 10.4 Å². The molecule has 0 amide bonds. The molecule has 74 valence electrons. The second kappa shape index (κ2) is 3.43. The zero-order valence-corrected chi connectivity index (χ0v) is 8.32. The van der Waals surface area contributed by atoms with Gasteiger partial charge in [0.2, 0.25) is 0 Å². The highest BCUT2D eigenvalue weighted by Gasteiger charge is 2.34. The summed E-state index contributed by atoms with van der Waals surface area (Å²) in [5, 5.41) is 16.7. The van der Waals surface area contributed by atoms with Gasteiger partial charge in [-0.15, -0.1) is 0 Å². The molecule has 0 aliphatic carbocycles. The number of rotatable bonds is 1. The van der Waals surface area contributed by atoms with Crippen molar-refractivity contribution >= 4 is 0 Å². The smallest absolute Gasteiger partial charge is 0.0876 e. The van der Waals surface area contributed by atoms with Crippen molar-refractivity contribution in [3.63, 3.8) is 0 Å². The SMILES string of the molecule is Cn1cc(C2(C#N)CCNCC2)cn1. The second-order valence-electron chi connectivity index (χ2n) is 3.85. The Morgan fingerprint density at radius 1 is 1.57 bits per heavy atom. The van der Waals surface area contributed by atoms with Crippen LogP contribution in [-0.2, 0) is 12.5 Å². The van der Waals surface area contributed by atoms with Gasteiger partial charge in [-0.05, 0) is 25.9 Å². The van der Waals surface area contributed by atoms with Gasteiger partial charge in [-0.3, -0.25) is 4.68 Å². The molecule has 4 heteroatoms. The van der Waals surface area contributed by atoms with Crippen molar-refractivity contribution in [3.8, 4) is 6.07 Å². The summed E-state index contributed by atoms with van der Waals surface area (Å²) in [5.74, 6) is 0. The minimum absolute atomic E-state index is 0.306. The van der Waals surface area contributed by atoms with E-state index in [1.54, 1.807) is 4.68 Å². The average molecular weight is 190 g/mol. The van der Waals surface area contributed by atoms with Crippen molar-refractivity contribution in [2.45, 2.75) is 18.3 Å². The summed E-state index contributed by atoms with van der Waals surface area (Å²) in [5.41, 5.74) is 0.753. The predicted molar refractivity (Wildman–Crippen MR) is 52.6 cm³/mol. The molecule has 14 heavy (non-hydrogen) atoms. The first-order chi connectivity index (χ1) is 6.77. The Labute approximate surface area is 83.5 Å². The Morgan fingerprint density at radius 2 is 2.29 bits per heavy atom. The molecule has 2 heterocycles. The highest BCUT2D eigenvalue weighted by atomic mass is 15.2. The quantitative estimate of drug-likeness (QED) is 0.704. The molecule has 1 fully saturated rings. The van der Waals surface area contributed by atoms with Gasteiger partial charge in [0.05, 0.1) is 17.7 Å². The Bertz CT molecular complexity index is 354. The lowest BCUT2D eigenvalue weighted by Gasteiger charge is -2.30. The van der Waals surface area contributed by atoms with Gasteiger partial charge >= 0.3 is 0 Å². The van der Waals surface area contributed by atoms with Crippen LogP contribution in [0.25, 0.3) is 0 Å². The first-order valence-electron chi connectivity index (χ1n) is 4.88. The van der Waals surface area contributed by atoms with Gasteiger partial charge < -0.3 is 5.32 Å². The van der Waals surface area contributed by atoms with Gasteiger partial charge in [-0.25, -0.2) is 0 Å². The van der Waals surface area contributed by atoms with Crippen molar-refractivity contribution in [1.82, 2.24) is 15.1 Å². The van der Waals surface area contributed by atoms with E-state index in [2.05, 4.69) is 16.5 Å². The zero-order valence-electron chi connectivity index (χ0n) is 8.32. The minimum Gasteiger partial charge on any atom is -0.317 e. The molecule has 1 N–H and O–H groups in total. The zero-order chi connectivity index (χ0) is 10.0. The van der Waals surface area contributed by atoms with Crippen LogP contribution in [0.15, 0.2) is 12.4 Å². The van der Waals surface area contributed by atoms with E-state index >= 15 is 0 Å². The molecule has 0 atom stereocenters. The molecule has 0 saturated carbocycles. The van der Waals surface area contributed by atoms with Gasteiger partial charge in [-0.1, -0.05) is 0 Å². The number of aryl methyl sites for hydroxylation is 1. The third-order valence-electron chi connectivity index (χ3n) is 2.93. The lowest BCUT2D eigenvalue weighted by atomic mass is 9.76. The highest BCUT2D eigenvalue weighted by Crippen LogP contribution is 2.32. The topological polar surface area (TPSA) is 53.6 Å². The average Bonchev–Trinajstić information content (AvgIpc) is 2.66. The fraction of sp³-hybridized carbons (Fsp3) is 0.600. The van der Waals surface area contributed by atoms with Gasteiger partial charge in [0, 0.05) is 18.8 Å². The van der Waals surface area contributed by atoms with E-state index in [1.807, 2.05) is 19.4 Å². The summed E-state index contributed by atoms with van der Waals surface area (Å²) >= 11 is 0. The highest BCUT2D eigenvalue weighted by molar-refractivity contribution is 5.29. The molecule has 4 nitrogen and oxygen atoms in total. The summed E-state index contributed by atoms with van der Waals surface area (Å²) < 4.78 is 1.76. The van der Waals surface area contributed by atoms with E-state index in [0.29, 0.717) is 0 Å². The summed E-state index contributed by atoms with van der Waals surface area (Å²) in [6.07, 6.45) is 5.54. The fourth-order valence-corrected chi connectivity index (χ4v) is 1.99. The maximum absolute atomic E-state index is 9.29. The van der Waals surface area contributed by atoms with Gasteiger partial charge in [0.25, 0.3) is 0 Å². The van der Waals surface area contributed by atoms with Crippen LogP contribution in [0, 0.1) is 11.3 Å². The molecule has 2 rings (SSSR count).